The summed E-state index contributed by atoms with van der Waals surface area (Å²) in [6, 6.07) is 6.38. The van der Waals surface area contributed by atoms with Crippen LogP contribution in [0.2, 0.25) is 0 Å². The molecule has 3 aromatic rings. The molecule has 2 fully saturated rings. The molecular formula is C25H27N5O4. The summed E-state index contributed by atoms with van der Waals surface area (Å²) >= 11 is 0. The van der Waals surface area contributed by atoms with Crippen LogP contribution in [0.15, 0.2) is 30.6 Å². The lowest BCUT2D eigenvalue weighted by atomic mass is 9.99. The minimum Gasteiger partial charge on any atom is -0.491 e. The van der Waals surface area contributed by atoms with E-state index in [2.05, 4.69) is 25.2 Å². The van der Waals surface area contributed by atoms with Crippen LogP contribution in [0.4, 0.5) is 0 Å². The highest BCUT2D eigenvalue weighted by Crippen LogP contribution is 2.47. The standard InChI is InChI=1S/C25H27N5O4/c1-31-22-3-2-18-25(29-22)23-14(13-34-21(23)9-27-18)10-30-11-16-17(12-30)24(16)28-7-15-6-19-20(8-26-15)33-5-4-32-19/h2-3,6,8-9,14,16-17,24,28H,4-5,7,10-13H2,1H3/t14?,16-,17+,24+. The second-order valence-electron chi connectivity index (χ2n) is 9.54. The average molecular weight is 462 g/mol. The first-order valence-electron chi connectivity index (χ1n) is 11.9. The maximum atomic E-state index is 5.98. The van der Waals surface area contributed by atoms with Gasteiger partial charge in [0.05, 0.1) is 37.3 Å². The van der Waals surface area contributed by atoms with E-state index < -0.39 is 0 Å². The van der Waals surface area contributed by atoms with Gasteiger partial charge < -0.3 is 29.2 Å². The third kappa shape index (κ3) is 3.42. The van der Waals surface area contributed by atoms with Crippen molar-refractivity contribution in [3.63, 3.8) is 0 Å². The number of piperidine rings is 1. The summed E-state index contributed by atoms with van der Waals surface area (Å²) in [6.07, 6.45) is 3.60. The molecule has 1 unspecified atom stereocenters. The number of nitrogens with zero attached hydrogens (tertiary/aromatic N) is 4. The van der Waals surface area contributed by atoms with Gasteiger partial charge in [-0.05, 0) is 17.9 Å². The van der Waals surface area contributed by atoms with Gasteiger partial charge in [0, 0.05) is 55.8 Å². The molecule has 3 aromatic heterocycles. The van der Waals surface area contributed by atoms with Crippen molar-refractivity contribution < 1.29 is 18.9 Å². The van der Waals surface area contributed by atoms with Gasteiger partial charge in [-0.25, -0.2) is 4.98 Å². The highest BCUT2D eigenvalue weighted by atomic mass is 16.6. The third-order valence-electron chi connectivity index (χ3n) is 7.50. The van der Waals surface area contributed by atoms with Gasteiger partial charge in [-0.1, -0.05) is 0 Å². The summed E-state index contributed by atoms with van der Waals surface area (Å²) in [4.78, 5) is 16.3. The zero-order valence-corrected chi connectivity index (χ0v) is 19.1. The van der Waals surface area contributed by atoms with E-state index in [4.69, 9.17) is 18.9 Å². The Bertz CT molecular complexity index is 1240. The van der Waals surface area contributed by atoms with Gasteiger partial charge in [0.25, 0.3) is 0 Å². The zero-order valence-electron chi connectivity index (χ0n) is 19.1. The van der Waals surface area contributed by atoms with Gasteiger partial charge in [0.15, 0.2) is 11.5 Å². The lowest BCUT2D eigenvalue weighted by Crippen LogP contribution is -2.34. The Labute approximate surface area is 197 Å². The van der Waals surface area contributed by atoms with Crippen LogP contribution in [-0.4, -0.2) is 72.5 Å². The molecule has 4 aliphatic rings. The van der Waals surface area contributed by atoms with Crippen LogP contribution in [0, 0.1) is 11.8 Å². The fraction of sp³-hybridized carbons (Fsp3) is 0.480. The smallest absolute Gasteiger partial charge is 0.213 e. The van der Waals surface area contributed by atoms with Gasteiger partial charge in [0.2, 0.25) is 5.88 Å². The van der Waals surface area contributed by atoms with E-state index >= 15 is 0 Å². The molecule has 6 heterocycles. The Balaban J connectivity index is 0.976. The molecule has 0 radical (unpaired) electrons. The number of aromatic nitrogens is 3. The predicted octanol–water partition coefficient (Wildman–Crippen LogP) is 2.00. The van der Waals surface area contributed by atoms with E-state index in [1.165, 1.54) is 5.56 Å². The molecule has 0 bridgehead atoms. The number of methoxy groups -OCH3 is 1. The Morgan fingerprint density at radius 2 is 1.85 bits per heavy atom. The molecule has 1 N–H and O–H groups in total. The Hall–Kier alpha value is -3.17. The molecule has 4 atom stereocenters. The van der Waals surface area contributed by atoms with Crippen molar-refractivity contribution in [1.29, 1.82) is 0 Å². The zero-order chi connectivity index (χ0) is 22.6. The van der Waals surface area contributed by atoms with Crippen molar-refractivity contribution in [3.05, 3.63) is 41.9 Å². The topological polar surface area (TPSA) is 90.9 Å². The number of fused-ring (bicyclic) bond motifs is 5. The molecule has 1 saturated carbocycles. The summed E-state index contributed by atoms with van der Waals surface area (Å²) < 4.78 is 22.6. The minimum atomic E-state index is 0.297. The van der Waals surface area contributed by atoms with Crippen LogP contribution in [0.1, 0.15) is 17.2 Å². The lowest BCUT2D eigenvalue weighted by molar-refractivity contribution is 0.170. The monoisotopic (exact) mass is 461 g/mol. The van der Waals surface area contributed by atoms with Crippen molar-refractivity contribution in [2.24, 2.45) is 11.8 Å². The molecule has 0 aromatic carbocycles. The van der Waals surface area contributed by atoms with Crippen molar-refractivity contribution in [2.75, 3.05) is 46.6 Å². The maximum absolute atomic E-state index is 5.98. The molecular weight excluding hydrogens is 434 g/mol. The second-order valence-corrected chi connectivity index (χ2v) is 9.54. The maximum Gasteiger partial charge on any atom is 0.213 e. The van der Waals surface area contributed by atoms with Gasteiger partial charge in [-0.2, -0.15) is 0 Å². The van der Waals surface area contributed by atoms with E-state index in [9.17, 15) is 0 Å². The SMILES string of the molecule is COc1ccc2ncc3c(c2n1)C(CN1C[C@@H]2[C@H](C1)[C@H]2NCc1cc2c(cn1)OCCO2)CO3. The first kappa shape index (κ1) is 20.2. The van der Waals surface area contributed by atoms with Gasteiger partial charge in [-0.3, -0.25) is 9.97 Å². The summed E-state index contributed by atoms with van der Waals surface area (Å²) in [5.74, 6) is 4.70. The Morgan fingerprint density at radius 3 is 2.71 bits per heavy atom. The number of pyridine rings is 3. The highest BCUT2D eigenvalue weighted by molar-refractivity contribution is 5.81. The van der Waals surface area contributed by atoms with Crippen LogP contribution in [0.3, 0.4) is 0 Å². The molecule has 9 heteroatoms. The Morgan fingerprint density at radius 1 is 1.03 bits per heavy atom. The minimum absolute atomic E-state index is 0.297. The van der Waals surface area contributed by atoms with Gasteiger partial charge in [0.1, 0.15) is 24.5 Å². The van der Waals surface area contributed by atoms with E-state index in [1.807, 2.05) is 24.4 Å². The first-order chi connectivity index (χ1) is 16.8. The van der Waals surface area contributed by atoms with Crippen LogP contribution < -0.4 is 24.3 Å². The number of likely N-dealkylation sites (tertiary alicyclic amines) is 1. The van der Waals surface area contributed by atoms with Crippen LogP contribution >= 0.6 is 0 Å². The largest absolute Gasteiger partial charge is 0.491 e. The molecule has 1 saturated heterocycles. The summed E-state index contributed by atoms with van der Waals surface area (Å²) in [7, 11) is 1.64. The number of hydrogen-bond acceptors (Lipinski definition) is 9. The number of rotatable bonds is 6. The summed E-state index contributed by atoms with van der Waals surface area (Å²) in [5.41, 5.74) is 3.95. The molecule has 3 aliphatic heterocycles. The molecule has 176 valence electrons. The molecule has 34 heavy (non-hydrogen) atoms. The molecule has 9 nitrogen and oxygen atoms in total. The summed E-state index contributed by atoms with van der Waals surface area (Å²) in [6.45, 7) is 5.83. The van der Waals surface area contributed by atoms with E-state index in [-0.39, 0.29) is 0 Å². The fourth-order valence-corrected chi connectivity index (χ4v) is 5.78. The molecule has 0 spiro atoms. The number of hydrogen-bond donors (Lipinski definition) is 1. The molecule has 7 rings (SSSR count). The number of ether oxygens (including phenoxy) is 4. The quantitative estimate of drug-likeness (QED) is 0.592. The molecule has 0 amide bonds. The third-order valence-corrected chi connectivity index (χ3v) is 7.50. The van der Waals surface area contributed by atoms with Crippen LogP contribution in [0.25, 0.3) is 11.0 Å². The average Bonchev–Trinajstić information content (AvgIpc) is 3.18. The van der Waals surface area contributed by atoms with Gasteiger partial charge in [-0.15, -0.1) is 0 Å². The predicted molar refractivity (Wildman–Crippen MR) is 124 cm³/mol. The lowest BCUT2D eigenvalue weighted by Gasteiger charge is -2.23. The van der Waals surface area contributed by atoms with E-state index in [0.717, 1.165) is 60.2 Å². The van der Waals surface area contributed by atoms with Gasteiger partial charge >= 0.3 is 0 Å². The van der Waals surface area contributed by atoms with Crippen molar-refractivity contribution in [3.8, 4) is 23.1 Å². The van der Waals surface area contributed by atoms with Crippen LogP contribution in [0.5, 0.6) is 23.1 Å². The summed E-state index contributed by atoms with van der Waals surface area (Å²) in [5, 5.41) is 3.71. The first-order valence-corrected chi connectivity index (χ1v) is 11.9. The fourth-order valence-electron chi connectivity index (χ4n) is 5.78. The molecule has 1 aliphatic carbocycles. The number of nitrogens with one attached hydrogen (secondary N) is 1. The van der Waals surface area contributed by atoms with Crippen molar-refractivity contribution >= 4 is 11.0 Å². The van der Waals surface area contributed by atoms with Crippen molar-refractivity contribution in [2.45, 2.75) is 18.5 Å². The normalized spacial score (nSPS) is 26.7. The van der Waals surface area contributed by atoms with E-state index in [0.29, 0.717) is 49.5 Å². The highest BCUT2D eigenvalue weighted by Gasteiger charge is 2.55. The second kappa shape index (κ2) is 7.95. The van der Waals surface area contributed by atoms with Crippen LogP contribution in [-0.2, 0) is 6.54 Å². The van der Waals surface area contributed by atoms with E-state index in [1.54, 1.807) is 13.3 Å². The van der Waals surface area contributed by atoms with Crippen molar-refractivity contribution in [1.82, 2.24) is 25.2 Å². The Kier molecular flexibility index (Phi) is 4.73.